The highest BCUT2D eigenvalue weighted by Gasteiger charge is 2.15. The molecule has 4 amide bonds. The van der Waals surface area contributed by atoms with E-state index >= 15 is 0 Å². The lowest BCUT2D eigenvalue weighted by molar-refractivity contribution is -0.124. The Labute approximate surface area is 169 Å². The lowest BCUT2D eigenvalue weighted by Gasteiger charge is -2.10. The molecule has 2 aromatic carbocycles. The number of carbonyl (C=O) groups is 3. The normalized spacial score (nSPS) is 10.1. The van der Waals surface area contributed by atoms with Gasteiger partial charge in [0.05, 0.1) is 19.3 Å². The number of hydrogen-bond acceptors (Lipinski definition) is 4. The van der Waals surface area contributed by atoms with Gasteiger partial charge in [-0.25, -0.2) is 18.0 Å². The number of hydrogen-bond donors (Lipinski definition) is 4. The molecule has 4 N–H and O–H groups in total. The number of carbonyl (C=O) groups excluding carboxylic acids is 3. The number of halogens is 3. The van der Waals surface area contributed by atoms with Gasteiger partial charge in [-0.3, -0.25) is 9.59 Å². The summed E-state index contributed by atoms with van der Waals surface area (Å²) >= 11 is 0. The minimum absolute atomic E-state index is 0.00670. The van der Waals surface area contributed by atoms with Crippen molar-refractivity contribution in [3.05, 3.63) is 53.8 Å². The Hall–Kier alpha value is -3.76. The Kier molecular flexibility index (Phi) is 8.03. The Morgan fingerprint density at radius 1 is 0.867 bits per heavy atom. The predicted octanol–water partition coefficient (Wildman–Crippen LogP) is 2.38. The third-order valence-corrected chi connectivity index (χ3v) is 3.74. The van der Waals surface area contributed by atoms with Crippen LogP contribution in [-0.4, -0.2) is 38.0 Å². The number of methoxy groups -OCH3 is 1. The van der Waals surface area contributed by atoms with Gasteiger partial charge in [0.25, 0.3) is 0 Å². The SMILES string of the molecule is COc1ccc(NC(=O)NCCC(=O)NCC(=O)Nc2ccc(F)c(F)c2F)cc1. The van der Waals surface area contributed by atoms with Gasteiger partial charge in [0.2, 0.25) is 11.8 Å². The summed E-state index contributed by atoms with van der Waals surface area (Å²) in [6.07, 6.45) is -0.122. The van der Waals surface area contributed by atoms with Gasteiger partial charge in [-0.1, -0.05) is 0 Å². The number of rotatable bonds is 8. The van der Waals surface area contributed by atoms with Gasteiger partial charge in [-0.15, -0.1) is 0 Å². The fraction of sp³-hybridized carbons (Fsp3) is 0.211. The molecule has 0 aliphatic carbocycles. The number of ether oxygens (including phenoxy) is 1. The molecule has 0 atom stereocenters. The molecule has 2 aromatic rings. The van der Waals surface area contributed by atoms with Crippen molar-refractivity contribution in [1.29, 1.82) is 0 Å². The lowest BCUT2D eigenvalue weighted by atomic mass is 10.2. The van der Waals surface area contributed by atoms with Crippen LogP contribution in [0.4, 0.5) is 29.3 Å². The van der Waals surface area contributed by atoms with E-state index in [-0.39, 0.29) is 13.0 Å². The first kappa shape index (κ1) is 22.5. The molecule has 0 saturated heterocycles. The van der Waals surface area contributed by atoms with E-state index in [2.05, 4.69) is 16.0 Å². The summed E-state index contributed by atoms with van der Waals surface area (Å²) in [5.41, 5.74) is -0.0242. The van der Waals surface area contributed by atoms with Crippen LogP contribution in [0, 0.1) is 17.5 Å². The van der Waals surface area contributed by atoms with Crippen molar-refractivity contribution in [2.75, 3.05) is 30.8 Å². The summed E-state index contributed by atoms with van der Waals surface area (Å²) in [6, 6.07) is 7.60. The van der Waals surface area contributed by atoms with Crippen molar-refractivity contribution in [2.45, 2.75) is 6.42 Å². The summed E-state index contributed by atoms with van der Waals surface area (Å²) in [7, 11) is 1.52. The highest BCUT2D eigenvalue weighted by molar-refractivity contribution is 5.94. The first-order valence-corrected chi connectivity index (χ1v) is 8.69. The zero-order valence-corrected chi connectivity index (χ0v) is 15.9. The minimum Gasteiger partial charge on any atom is -0.497 e. The maximum atomic E-state index is 13.5. The maximum absolute atomic E-state index is 13.5. The summed E-state index contributed by atoms with van der Waals surface area (Å²) in [6.45, 7) is -0.525. The molecule has 0 radical (unpaired) electrons. The van der Waals surface area contributed by atoms with E-state index in [1.165, 1.54) is 7.11 Å². The average molecular weight is 424 g/mol. The van der Waals surface area contributed by atoms with E-state index in [1.54, 1.807) is 24.3 Å². The monoisotopic (exact) mass is 424 g/mol. The first-order valence-electron chi connectivity index (χ1n) is 8.69. The molecule has 0 aliphatic heterocycles. The molecule has 30 heavy (non-hydrogen) atoms. The first-order chi connectivity index (χ1) is 14.3. The molecule has 11 heteroatoms. The minimum atomic E-state index is -1.71. The molecule has 160 valence electrons. The second kappa shape index (κ2) is 10.7. The van der Waals surface area contributed by atoms with Crippen LogP contribution in [0.15, 0.2) is 36.4 Å². The third-order valence-electron chi connectivity index (χ3n) is 3.74. The molecule has 0 unspecified atom stereocenters. The molecular weight excluding hydrogens is 405 g/mol. The fourth-order valence-electron chi connectivity index (χ4n) is 2.22. The van der Waals surface area contributed by atoms with Crippen LogP contribution in [0.5, 0.6) is 5.75 Å². The van der Waals surface area contributed by atoms with E-state index in [1.807, 2.05) is 5.32 Å². The second-order valence-electron chi connectivity index (χ2n) is 5.91. The molecule has 2 rings (SSSR count). The largest absolute Gasteiger partial charge is 0.497 e. The summed E-state index contributed by atoms with van der Waals surface area (Å²) in [4.78, 5) is 35.2. The van der Waals surface area contributed by atoms with Crippen LogP contribution in [0.2, 0.25) is 0 Å². The van der Waals surface area contributed by atoms with Gasteiger partial charge < -0.3 is 26.0 Å². The molecule has 8 nitrogen and oxygen atoms in total. The van der Waals surface area contributed by atoms with Crippen molar-refractivity contribution in [1.82, 2.24) is 10.6 Å². The van der Waals surface area contributed by atoms with Gasteiger partial charge >= 0.3 is 6.03 Å². The van der Waals surface area contributed by atoms with E-state index in [0.717, 1.165) is 6.07 Å². The van der Waals surface area contributed by atoms with Crippen molar-refractivity contribution in [3.63, 3.8) is 0 Å². The Morgan fingerprint density at radius 2 is 1.57 bits per heavy atom. The van der Waals surface area contributed by atoms with Gasteiger partial charge in [0.15, 0.2) is 17.5 Å². The fourth-order valence-corrected chi connectivity index (χ4v) is 2.22. The van der Waals surface area contributed by atoms with Crippen molar-refractivity contribution in [2.24, 2.45) is 0 Å². The van der Waals surface area contributed by atoms with Crippen LogP contribution < -0.4 is 26.0 Å². The van der Waals surface area contributed by atoms with Gasteiger partial charge in [-0.2, -0.15) is 0 Å². The van der Waals surface area contributed by atoms with E-state index in [0.29, 0.717) is 17.5 Å². The number of nitrogens with one attached hydrogen (secondary N) is 4. The van der Waals surface area contributed by atoms with Crippen LogP contribution in [0.3, 0.4) is 0 Å². The number of benzene rings is 2. The summed E-state index contributed by atoms with van der Waals surface area (Å²) in [5.74, 6) is -5.40. The summed E-state index contributed by atoms with van der Waals surface area (Å²) < 4.78 is 44.5. The van der Waals surface area contributed by atoms with Crippen molar-refractivity contribution < 1.29 is 32.3 Å². The standard InChI is InChI=1S/C19H19F3N4O4/c1-30-12-4-2-11(3-5-12)25-19(29)23-9-8-15(27)24-10-16(28)26-14-7-6-13(20)17(21)18(14)22/h2-7H,8-10H2,1H3,(H,24,27)(H,26,28)(H2,23,25,29). The molecule has 0 spiro atoms. The second-order valence-corrected chi connectivity index (χ2v) is 5.91. The molecule has 0 fully saturated rings. The molecular formula is C19H19F3N4O4. The molecule has 0 bridgehead atoms. The number of urea groups is 1. The Balaban J connectivity index is 1.67. The Morgan fingerprint density at radius 3 is 2.23 bits per heavy atom. The lowest BCUT2D eigenvalue weighted by Crippen LogP contribution is -2.36. The van der Waals surface area contributed by atoms with E-state index < -0.39 is 47.5 Å². The van der Waals surface area contributed by atoms with Gasteiger partial charge in [0.1, 0.15) is 5.75 Å². The topological polar surface area (TPSA) is 109 Å². The highest BCUT2D eigenvalue weighted by atomic mass is 19.2. The maximum Gasteiger partial charge on any atom is 0.319 e. The highest BCUT2D eigenvalue weighted by Crippen LogP contribution is 2.19. The van der Waals surface area contributed by atoms with Crippen molar-refractivity contribution in [3.8, 4) is 5.75 Å². The van der Waals surface area contributed by atoms with E-state index in [4.69, 9.17) is 4.74 Å². The third kappa shape index (κ3) is 6.69. The summed E-state index contributed by atoms with van der Waals surface area (Å²) in [5, 5.41) is 9.31. The van der Waals surface area contributed by atoms with Gasteiger partial charge in [-0.05, 0) is 36.4 Å². The van der Waals surface area contributed by atoms with Crippen LogP contribution in [-0.2, 0) is 9.59 Å². The molecule has 0 heterocycles. The zero-order valence-electron chi connectivity index (χ0n) is 15.9. The van der Waals surface area contributed by atoms with E-state index in [9.17, 15) is 27.6 Å². The zero-order chi connectivity index (χ0) is 22.1. The van der Waals surface area contributed by atoms with Crippen LogP contribution in [0.25, 0.3) is 0 Å². The number of anilines is 2. The molecule has 0 aromatic heterocycles. The number of amides is 4. The molecule has 0 saturated carbocycles. The average Bonchev–Trinajstić information content (AvgIpc) is 2.73. The van der Waals surface area contributed by atoms with Gasteiger partial charge in [0, 0.05) is 18.7 Å². The molecule has 0 aliphatic rings. The quantitative estimate of drug-likeness (QED) is 0.488. The predicted molar refractivity (Wildman–Crippen MR) is 103 cm³/mol. The smallest absolute Gasteiger partial charge is 0.319 e. The van der Waals surface area contributed by atoms with Crippen molar-refractivity contribution >= 4 is 29.2 Å². The van der Waals surface area contributed by atoms with Crippen LogP contribution in [0.1, 0.15) is 6.42 Å². The van der Waals surface area contributed by atoms with Crippen LogP contribution >= 0.6 is 0 Å². The Bertz CT molecular complexity index is 923.